The number of carbonyl (C=O) groups excluding carboxylic acids is 1. The Hall–Kier alpha value is -2.07. The van der Waals surface area contributed by atoms with Crippen molar-refractivity contribution in [3.63, 3.8) is 0 Å². The van der Waals surface area contributed by atoms with E-state index in [1.807, 2.05) is 24.3 Å². The Morgan fingerprint density at radius 3 is 2.81 bits per heavy atom. The van der Waals surface area contributed by atoms with E-state index in [2.05, 4.69) is 5.32 Å². The van der Waals surface area contributed by atoms with E-state index in [1.54, 1.807) is 7.11 Å². The number of amides is 1. The van der Waals surface area contributed by atoms with Crippen LogP contribution < -0.4 is 10.1 Å². The van der Waals surface area contributed by atoms with Gasteiger partial charge in [0, 0.05) is 11.6 Å². The minimum absolute atomic E-state index is 0.0532. The zero-order valence-electron chi connectivity index (χ0n) is 11.5. The number of halogens is 2. The van der Waals surface area contributed by atoms with E-state index in [4.69, 9.17) is 16.3 Å². The van der Waals surface area contributed by atoms with Crippen molar-refractivity contribution in [2.24, 2.45) is 0 Å². The minimum Gasteiger partial charge on any atom is -0.496 e. The van der Waals surface area contributed by atoms with Gasteiger partial charge in [-0.3, -0.25) is 4.79 Å². The highest BCUT2D eigenvalue weighted by molar-refractivity contribution is 6.30. The number of methoxy groups -OCH3 is 1. The van der Waals surface area contributed by atoms with E-state index in [-0.39, 0.29) is 5.56 Å². The van der Waals surface area contributed by atoms with Crippen LogP contribution >= 0.6 is 11.6 Å². The highest BCUT2D eigenvalue weighted by atomic mass is 35.5. The fraction of sp³-hybridized carbons (Fsp3) is 0.188. The fourth-order valence-corrected chi connectivity index (χ4v) is 2.16. The average Bonchev–Trinajstić information content (AvgIpc) is 2.50. The fourth-order valence-electron chi connectivity index (χ4n) is 1.99. The average molecular weight is 308 g/mol. The van der Waals surface area contributed by atoms with E-state index < -0.39 is 11.7 Å². The molecule has 21 heavy (non-hydrogen) atoms. The van der Waals surface area contributed by atoms with Crippen LogP contribution in [0.2, 0.25) is 5.02 Å². The zero-order chi connectivity index (χ0) is 15.2. The Balaban J connectivity index is 1.97. The summed E-state index contributed by atoms with van der Waals surface area (Å²) in [6, 6.07) is 11.5. The SMILES string of the molecule is COc1ccccc1CCNC(=O)c1cc(Cl)ccc1F. The maximum atomic E-state index is 13.5. The van der Waals surface area contributed by atoms with Crippen molar-refractivity contribution in [2.45, 2.75) is 6.42 Å². The monoisotopic (exact) mass is 307 g/mol. The lowest BCUT2D eigenvalue weighted by Gasteiger charge is -2.09. The van der Waals surface area contributed by atoms with Crippen LogP contribution in [-0.2, 0) is 6.42 Å². The lowest BCUT2D eigenvalue weighted by atomic mass is 10.1. The maximum absolute atomic E-state index is 13.5. The van der Waals surface area contributed by atoms with Gasteiger partial charge < -0.3 is 10.1 Å². The van der Waals surface area contributed by atoms with Gasteiger partial charge in [-0.2, -0.15) is 0 Å². The van der Waals surface area contributed by atoms with Gasteiger partial charge in [0.1, 0.15) is 11.6 Å². The topological polar surface area (TPSA) is 38.3 Å². The summed E-state index contributed by atoms with van der Waals surface area (Å²) >= 11 is 5.77. The molecule has 0 spiro atoms. The van der Waals surface area contributed by atoms with Crippen LogP contribution in [0, 0.1) is 5.82 Å². The Morgan fingerprint density at radius 2 is 2.05 bits per heavy atom. The van der Waals surface area contributed by atoms with E-state index in [0.717, 1.165) is 11.3 Å². The van der Waals surface area contributed by atoms with Gasteiger partial charge in [-0.05, 0) is 36.2 Å². The molecule has 1 amide bonds. The number of carbonyl (C=O) groups is 1. The van der Waals surface area contributed by atoms with Crippen molar-refractivity contribution in [3.8, 4) is 5.75 Å². The van der Waals surface area contributed by atoms with Crippen LogP contribution in [0.25, 0.3) is 0 Å². The molecule has 0 unspecified atom stereocenters. The van der Waals surface area contributed by atoms with Gasteiger partial charge in [-0.1, -0.05) is 29.8 Å². The molecule has 110 valence electrons. The first-order valence-electron chi connectivity index (χ1n) is 6.47. The maximum Gasteiger partial charge on any atom is 0.254 e. The summed E-state index contributed by atoms with van der Waals surface area (Å²) in [5.41, 5.74) is 0.925. The van der Waals surface area contributed by atoms with Crippen molar-refractivity contribution < 1.29 is 13.9 Å². The normalized spacial score (nSPS) is 10.2. The molecule has 0 saturated heterocycles. The van der Waals surface area contributed by atoms with Gasteiger partial charge in [0.05, 0.1) is 12.7 Å². The van der Waals surface area contributed by atoms with Gasteiger partial charge in [-0.15, -0.1) is 0 Å². The summed E-state index contributed by atoms with van der Waals surface area (Å²) in [6.07, 6.45) is 0.595. The number of rotatable bonds is 5. The lowest BCUT2D eigenvalue weighted by molar-refractivity contribution is 0.0950. The van der Waals surface area contributed by atoms with Crippen LogP contribution in [0.4, 0.5) is 4.39 Å². The van der Waals surface area contributed by atoms with Crippen molar-refractivity contribution in [1.82, 2.24) is 5.32 Å². The molecular formula is C16H15ClFNO2. The summed E-state index contributed by atoms with van der Waals surface area (Å²) in [7, 11) is 1.60. The third-order valence-electron chi connectivity index (χ3n) is 3.05. The largest absolute Gasteiger partial charge is 0.496 e. The number of hydrogen-bond acceptors (Lipinski definition) is 2. The molecular weight excluding hydrogens is 293 g/mol. The molecule has 0 aliphatic rings. The smallest absolute Gasteiger partial charge is 0.254 e. The standard InChI is InChI=1S/C16H15ClFNO2/c1-21-15-5-3-2-4-11(15)8-9-19-16(20)13-10-12(17)6-7-14(13)18/h2-7,10H,8-9H2,1H3,(H,19,20). The van der Waals surface area contributed by atoms with Gasteiger partial charge in [-0.25, -0.2) is 4.39 Å². The number of para-hydroxylation sites is 1. The minimum atomic E-state index is -0.589. The number of hydrogen-bond donors (Lipinski definition) is 1. The van der Waals surface area contributed by atoms with Gasteiger partial charge in [0.2, 0.25) is 0 Å². The second-order valence-electron chi connectivity index (χ2n) is 4.44. The summed E-state index contributed by atoms with van der Waals surface area (Å²) in [5.74, 6) is -0.306. The van der Waals surface area contributed by atoms with Gasteiger partial charge >= 0.3 is 0 Å². The highest BCUT2D eigenvalue weighted by Crippen LogP contribution is 2.18. The molecule has 0 aromatic heterocycles. The molecule has 0 aliphatic carbocycles. The molecule has 0 saturated carbocycles. The first-order chi connectivity index (χ1) is 10.1. The molecule has 0 radical (unpaired) electrons. The summed E-state index contributed by atoms with van der Waals surface area (Å²) in [5, 5.41) is 3.00. The van der Waals surface area contributed by atoms with Crippen LogP contribution in [0.1, 0.15) is 15.9 Å². The number of nitrogens with one attached hydrogen (secondary N) is 1. The van der Waals surface area contributed by atoms with E-state index in [0.29, 0.717) is 18.0 Å². The second kappa shape index (κ2) is 7.09. The van der Waals surface area contributed by atoms with Crippen LogP contribution in [0.15, 0.2) is 42.5 Å². The predicted molar refractivity (Wildman–Crippen MR) is 80.4 cm³/mol. The van der Waals surface area contributed by atoms with Crippen molar-refractivity contribution in [3.05, 3.63) is 64.4 Å². The van der Waals surface area contributed by atoms with Crippen LogP contribution in [-0.4, -0.2) is 19.6 Å². The first-order valence-corrected chi connectivity index (χ1v) is 6.84. The molecule has 0 fully saturated rings. The van der Waals surface area contributed by atoms with Crippen molar-refractivity contribution in [1.29, 1.82) is 0 Å². The predicted octanol–water partition coefficient (Wildman–Crippen LogP) is 3.46. The molecule has 5 heteroatoms. The van der Waals surface area contributed by atoms with Gasteiger partial charge in [0.25, 0.3) is 5.91 Å². The Bertz CT molecular complexity index is 646. The lowest BCUT2D eigenvalue weighted by Crippen LogP contribution is -2.26. The molecule has 0 heterocycles. The van der Waals surface area contributed by atoms with Crippen LogP contribution in [0.5, 0.6) is 5.75 Å². The Morgan fingerprint density at radius 1 is 1.29 bits per heavy atom. The Kier molecular flexibility index (Phi) is 5.17. The quantitative estimate of drug-likeness (QED) is 0.918. The van der Waals surface area contributed by atoms with Crippen molar-refractivity contribution in [2.75, 3.05) is 13.7 Å². The number of ether oxygens (including phenoxy) is 1. The zero-order valence-corrected chi connectivity index (χ0v) is 12.3. The number of benzene rings is 2. The van der Waals surface area contributed by atoms with Crippen molar-refractivity contribution >= 4 is 17.5 Å². The second-order valence-corrected chi connectivity index (χ2v) is 4.88. The molecule has 2 aromatic rings. The van der Waals surface area contributed by atoms with Gasteiger partial charge in [0.15, 0.2) is 0 Å². The van der Waals surface area contributed by atoms with Crippen LogP contribution in [0.3, 0.4) is 0 Å². The van der Waals surface area contributed by atoms with E-state index >= 15 is 0 Å². The van der Waals surface area contributed by atoms with E-state index in [1.165, 1.54) is 18.2 Å². The third-order valence-corrected chi connectivity index (χ3v) is 3.28. The molecule has 0 aliphatic heterocycles. The first kappa shape index (κ1) is 15.3. The molecule has 3 nitrogen and oxygen atoms in total. The summed E-state index contributed by atoms with van der Waals surface area (Å²) in [6.45, 7) is 0.380. The van der Waals surface area contributed by atoms with E-state index in [9.17, 15) is 9.18 Å². The third kappa shape index (κ3) is 3.95. The highest BCUT2D eigenvalue weighted by Gasteiger charge is 2.12. The molecule has 1 N–H and O–H groups in total. The molecule has 2 aromatic carbocycles. The Labute approximate surface area is 127 Å². The molecule has 2 rings (SSSR count). The molecule has 0 atom stereocenters. The molecule has 0 bridgehead atoms. The summed E-state index contributed by atoms with van der Waals surface area (Å²) in [4.78, 5) is 11.9. The summed E-state index contributed by atoms with van der Waals surface area (Å²) < 4.78 is 18.8.